The van der Waals surface area contributed by atoms with E-state index in [2.05, 4.69) is 17.4 Å². The number of thioether (sulfide) groups is 1. The molecular formula is C12H14N2OS. The number of rotatable bonds is 6. The minimum atomic E-state index is -0.0536. The summed E-state index contributed by atoms with van der Waals surface area (Å²) < 4.78 is 0. The molecule has 0 heterocycles. The van der Waals surface area contributed by atoms with Crippen LogP contribution in [0, 0.1) is 11.3 Å². The van der Waals surface area contributed by atoms with Crippen LogP contribution in [-0.2, 0) is 10.5 Å². The van der Waals surface area contributed by atoms with Crippen LogP contribution in [0.3, 0.4) is 0 Å². The third-order valence-corrected chi connectivity index (χ3v) is 2.98. The molecule has 0 radical (unpaired) electrons. The molecule has 0 saturated carbocycles. The summed E-state index contributed by atoms with van der Waals surface area (Å²) in [5.41, 5.74) is 1.27. The van der Waals surface area contributed by atoms with Crippen molar-refractivity contribution < 1.29 is 4.79 Å². The Bertz CT molecular complexity index is 359. The van der Waals surface area contributed by atoms with E-state index in [4.69, 9.17) is 5.26 Å². The van der Waals surface area contributed by atoms with E-state index in [9.17, 15) is 4.79 Å². The SMILES string of the molecule is N#CCNC(=O)CCSCc1ccccc1. The van der Waals surface area contributed by atoms with Gasteiger partial charge in [-0.2, -0.15) is 17.0 Å². The summed E-state index contributed by atoms with van der Waals surface area (Å²) in [7, 11) is 0. The Labute approximate surface area is 99.8 Å². The van der Waals surface area contributed by atoms with Crippen molar-refractivity contribution in [3.8, 4) is 6.07 Å². The molecule has 0 atom stereocenters. The molecular weight excluding hydrogens is 220 g/mol. The number of carbonyl (C=O) groups excluding carboxylic acids is 1. The molecule has 0 saturated heterocycles. The summed E-state index contributed by atoms with van der Waals surface area (Å²) in [5, 5.41) is 10.8. The number of hydrogen-bond acceptors (Lipinski definition) is 3. The fourth-order valence-corrected chi connectivity index (χ4v) is 2.06. The van der Waals surface area contributed by atoms with Gasteiger partial charge < -0.3 is 5.32 Å². The lowest BCUT2D eigenvalue weighted by molar-refractivity contribution is -0.120. The quantitative estimate of drug-likeness (QED) is 0.604. The van der Waals surface area contributed by atoms with Gasteiger partial charge >= 0.3 is 0 Å². The predicted octanol–water partition coefficient (Wildman–Crippen LogP) is 1.95. The van der Waals surface area contributed by atoms with Crippen LogP contribution in [0.4, 0.5) is 0 Å². The highest BCUT2D eigenvalue weighted by Crippen LogP contribution is 2.12. The molecule has 0 spiro atoms. The van der Waals surface area contributed by atoms with Gasteiger partial charge in [0.25, 0.3) is 0 Å². The molecule has 0 aliphatic carbocycles. The molecule has 1 aromatic carbocycles. The molecule has 0 aliphatic rings. The lowest BCUT2D eigenvalue weighted by atomic mass is 10.2. The Kier molecular flexibility index (Phi) is 6.12. The van der Waals surface area contributed by atoms with Gasteiger partial charge in [0.1, 0.15) is 6.54 Å². The van der Waals surface area contributed by atoms with Gasteiger partial charge in [-0.25, -0.2) is 0 Å². The molecule has 3 nitrogen and oxygen atoms in total. The first-order valence-electron chi connectivity index (χ1n) is 5.08. The Morgan fingerprint density at radius 3 is 2.81 bits per heavy atom. The van der Waals surface area contributed by atoms with Crippen LogP contribution in [0.25, 0.3) is 0 Å². The number of hydrogen-bond donors (Lipinski definition) is 1. The molecule has 16 heavy (non-hydrogen) atoms. The second kappa shape index (κ2) is 7.77. The summed E-state index contributed by atoms with van der Waals surface area (Å²) in [6, 6.07) is 12.0. The van der Waals surface area contributed by atoms with Crippen LogP contribution in [0.5, 0.6) is 0 Å². The second-order valence-corrected chi connectivity index (χ2v) is 4.33. The lowest BCUT2D eigenvalue weighted by Crippen LogP contribution is -2.23. The normalized spacial score (nSPS) is 9.44. The Morgan fingerprint density at radius 1 is 1.38 bits per heavy atom. The molecule has 1 N–H and O–H groups in total. The lowest BCUT2D eigenvalue weighted by Gasteiger charge is -2.02. The standard InChI is InChI=1S/C12H14N2OS/c13-7-8-14-12(15)6-9-16-10-11-4-2-1-3-5-11/h1-5H,6,8-10H2,(H,14,15). The fourth-order valence-electron chi connectivity index (χ4n) is 1.16. The van der Waals surface area contributed by atoms with E-state index in [-0.39, 0.29) is 12.5 Å². The van der Waals surface area contributed by atoms with Crippen LogP contribution >= 0.6 is 11.8 Å². The molecule has 4 heteroatoms. The molecule has 0 aliphatic heterocycles. The Balaban J connectivity index is 2.08. The zero-order valence-electron chi connectivity index (χ0n) is 8.98. The van der Waals surface area contributed by atoms with E-state index in [1.807, 2.05) is 24.3 Å². The zero-order valence-corrected chi connectivity index (χ0v) is 9.80. The molecule has 1 amide bonds. The van der Waals surface area contributed by atoms with Crippen molar-refractivity contribution in [3.05, 3.63) is 35.9 Å². The van der Waals surface area contributed by atoms with Crippen molar-refractivity contribution in [2.45, 2.75) is 12.2 Å². The van der Waals surface area contributed by atoms with Gasteiger partial charge in [0.2, 0.25) is 5.91 Å². The topological polar surface area (TPSA) is 52.9 Å². The molecule has 0 unspecified atom stereocenters. The van der Waals surface area contributed by atoms with E-state index < -0.39 is 0 Å². The highest BCUT2D eigenvalue weighted by molar-refractivity contribution is 7.98. The number of nitrogens with zero attached hydrogens (tertiary/aromatic N) is 1. The molecule has 0 fully saturated rings. The van der Waals surface area contributed by atoms with Gasteiger partial charge in [-0.15, -0.1) is 0 Å². The summed E-state index contributed by atoms with van der Waals surface area (Å²) >= 11 is 1.72. The van der Waals surface area contributed by atoms with Crippen molar-refractivity contribution in [2.75, 3.05) is 12.3 Å². The largest absolute Gasteiger partial charge is 0.343 e. The summed E-state index contributed by atoms with van der Waals surface area (Å²) in [6.07, 6.45) is 0.471. The third kappa shape index (κ3) is 5.42. The molecule has 1 rings (SSSR count). The number of amides is 1. The van der Waals surface area contributed by atoms with E-state index in [0.717, 1.165) is 11.5 Å². The monoisotopic (exact) mass is 234 g/mol. The third-order valence-electron chi connectivity index (χ3n) is 1.95. The zero-order chi connectivity index (χ0) is 11.6. The van der Waals surface area contributed by atoms with E-state index in [1.54, 1.807) is 11.8 Å². The minimum Gasteiger partial charge on any atom is -0.343 e. The van der Waals surface area contributed by atoms with Crippen LogP contribution < -0.4 is 5.32 Å². The van der Waals surface area contributed by atoms with Crippen molar-refractivity contribution in [1.82, 2.24) is 5.32 Å². The van der Waals surface area contributed by atoms with E-state index >= 15 is 0 Å². The van der Waals surface area contributed by atoms with Gasteiger partial charge in [-0.05, 0) is 5.56 Å². The van der Waals surface area contributed by atoms with Gasteiger partial charge in [0.15, 0.2) is 0 Å². The minimum absolute atomic E-state index is 0.0536. The molecule has 0 bridgehead atoms. The van der Waals surface area contributed by atoms with Gasteiger partial charge in [0, 0.05) is 17.9 Å². The van der Waals surface area contributed by atoms with Crippen LogP contribution in [0.15, 0.2) is 30.3 Å². The van der Waals surface area contributed by atoms with Gasteiger partial charge in [-0.3, -0.25) is 4.79 Å². The number of nitriles is 1. The average molecular weight is 234 g/mol. The summed E-state index contributed by atoms with van der Waals surface area (Å²) in [5.74, 6) is 1.65. The molecule has 0 aromatic heterocycles. The Morgan fingerprint density at radius 2 is 2.12 bits per heavy atom. The second-order valence-electron chi connectivity index (χ2n) is 3.22. The van der Waals surface area contributed by atoms with Crippen molar-refractivity contribution in [1.29, 1.82) is 5.26 Å². The van der Waals surface area contributed by atoms with Crippen LogP contribution in [0.1, 0.15) is 12.0 Å². The average Bonchev–Trinajstić information content (AvgIpc) is 2.33. The van der Waals surface area contributed by atoms with E-state index in [0.29, 0.717) is 6.42 Å². The fraction of sp³-hybridized carbons (Fsp3) is 0.333. The molecule has 1 aromatic rings. The van der Waals surface area contributed by atoms with Gasteiger partial charge in [0.05, 0.1) is 6.07 Å². The number of carbonyl (C=O) groups is 1. The highest BCUT2D eigenvalue weighted by atomic mass is 32.2. The first kappa shape index (κ1) is 12.6. The van der Waals surface area contributed by atoms with Crippen LogP contribution in [0.2, 0.25) is 0 Å². The predicted molar refractivity (Wildman–Crippen MR) is 65.8 cm³/mol. The first-order valence-corrected chi connectivity index (χ1v) is 6.23. The maximum Gasteiger partial charge on any atom is 0.221 e. The number of benzene rings is 1. The first-order chi connectivity index (χ1) is 7.83. The van der Waals surface area contributed by atoms with Gasteiger partial charge in [-0.1, -0.05) is 30.3 Å². The van der Waals surface area contributed by atoms with Crippen molar-refractivity contribution >= 4 is 17.7 Å². The van der Waals surface area contributed by atoms with Crippen molar-refractivity contribution in [2.24, 2.45) is 0 Å². The Hall–Kier alpha value is -1.47. The maximum absolute atomic E-state index is 11.1. The highest BCUT2D eigenvalue weighted by Gasteiger charge is 1.99. The smallest absolute Gasteiger partial charge is 0.221 e. The van der Waals surface area contributed by atoms with Crippen molar-refractivity contribution in [3.63, 3.8) is 0 Å². The maximum atomic E-state index is 11.1. The summed E-state index contributed by atoms with van der Waals surface area (Å²) in [6.45, 7) is 0.0994. The van der Waals surface area contributed by atoms with Crippen LogP contribution in [-0.4, -0.2) is 18.2 Å². The van der Waals surface area contributed by atoms with E-state index in [1.165, 1.54) is 5.56 Å². The summed E-state index contributed by atoms with van der Waals surface area (Å²) in [4.78, 5) is 11.1. The molecule has 84 valence electrons. The number of nitrogens with one attached hydrogen (secondary N) is 1.